The number of ether oxygens (including phenoxy) is 1. The Hall–Kier alpha value is -3.35. The highest BCUT2D eigenvalue weighted by atomic mass is 16.5. The third-order valence-electron chi connectivity index (χ3n) is 4.80. The highest BCUT2D eigenvalue weighted by molar-refractivity contribution is 5.89. The molecule has 0 spiro atoms. The lowest BCUT2D eigenvalue weighted by Crippen LogP contribution is -2.28. The topological polar surface area (TPSA) is 82.3 Å². The maximum absolute atomic E-state index is 12.7. The van der Waals surface area contributed by atoms with Gasteiger partial charge in [0.2, 0.25) is 5.91 Å². The number of methoxy groups -OCH3 is 1. The Morgan fingerprint density at radius 1 is 0.966 bits per heavy atom. The molecule has 152 valence electrons. The zero-order chi connectivity index (χ0) is 20.8. The highest BCUT2D eigenvalue weighted by Gasteiger charge is 2.13. The van der Waals surface area contributed by atoms with E-state index in [0.717, 1.165) is 23.0 Å². The summed E-state index contributed by atoms with van der Waals surface area (Å²) in [5.41, 5.74) is 3.00. The maximum atomic E-state index is 12.7. The molecular formula is C22H25N3O4. The van der Waals surface area contributed by atoms with Crippen molar-refractivity contribution in [2.24, 2.45) is 0 Å². The van der Waals surface area contributed by atoms with Crippen LogP contribution in [0.1, 0.15) is 35.7 Å². The molecule has 3 aromatic rings. The molecule has 7 nitrogen and oxygen atoms in total. The minimum absolute atomic E-state index is 0.0840. The van der Waals surface area contributed by atoms with Gasteiger partial charge in [0, 0.05) is 26.1 Å². The molecule has 1 heterocycles. The van der Waals surface area contributed by atoms with E-state index in [1.54, 1.807) is 33.4 Å². The van der Waals surface area contributed by atoms with Crippen molar-refractivity contribution in [3.05, 3.63) is 70.1 Å². The number of carbonyl (C=O) groups is 2. The average Bonchev–Trinajstić information content (AvgIpc) is 3.02. The normalized spacial score (nSPS) is 10.8. The Morgan fingerprint density at radius 2 is 1.59 bits per heavy atom. The number of hydrogen-bond acceptors (Lipinski definition) is 4. The van der Waals surface area contributed by atoms with Gasteiger partial charge in [-0.3, -0.25) is 13.9 Å². The second-order valence-corrected chi connectivity index (χ2v) is 6.79. The maximum Gasteiger partial charge on any atom is 0.337 e. The van der Waals surface area contributed by atoms with Crippen molar-refractivity contribution in [1.82, 2.24) is 14.5 Å². The minimum Gasteiger partial charge on any atom is -0.465 e. The molecule has 1 aromatic heterocycles. The van der Waals surface area contributed by atoms with Crippen molar-refractivity contribution in [2.75, 3.05) is 7.11 Å². The molecule has 1 N–H and O–H groups in total. The number of amides is 1. The summed E-state index contributed by atoms with van der Waals surface area (Å²) in [6, 6.07) is 14.5. The van der Waals surface area contributed by atoms with E-state index in [9.17, 15) is 14.4 Å². The molecule has 0 saturated heterocycles. The molecule has 0 aliphatic carbocycles. The SMILES string of the molecule is CCCn1c(=O)n(CCC(=O)NCc2ccc(C(=O)OC)cc2)c2ccccc21. The van der Waals surface area contributed by atoms with E-state index in [1.165, 1.54) is 7.11 Å². The summed E-state index contributed by atoms with van der Waals surface area (Å²) < 4.78 is 8.09. The summed E-state index contributed by atoms with van der Waals surface area (Å²) in [6.45, 7) is 3.36. The smallest absolute Gasteiger partial charge is 0.337 e. The number of rotatable bonds is 8. The van der Waals surface area contributed by atoms with Gasteiger partial charge >= 0.3 is 11.7 Å². The van der Waals surface area contributed by atoms with Crippen LogP contribution in [-0.4, -0.2) is 28.1 Å². The van der Waals surface area contributed by atoms with Crippen LogP contribution in [0.25, 0.3) is 11.0 Å². The molecule has 0 unspecified atom stereocenters. The molecule has 0 bridgehead atoms. The lowest BCUT2D eigenvalue weighted by atomic mass is 10.1. The molecule has 0 atom stereocenters. The quantitative estimate of drug-likeness (QED) is 0.595. The van der Waals surface area contributed by atoms with Crippen LogP contribution >= 0.6 is 0 Å². The monoisotopic (exact) mass is 395 g/mol. The van der Waals surface area contributed by atoms with Crippen molar-refractivity contribution in [3.8, 4) is 0 Å². The van der Waals surface area contributed by atoms with E-state index in [4.69, 9.17) is 0 Å². The summed E-state index contributed by atoms with van der Waals surface area (Å²) in [7, 11) is 1.33. The van der Waals surface area contributed by atoms with E-state index in [0.29, 0.717) is 25.2 Å². The summed E-state index contributed by atoms with van der Waals surface area (Å²) in [5.74, 6) is -0.533. The molecule has 0 aliphatic rings. The molecule has 7 heteroatoms. The summed E-state index contributed by atoms with van der Waals surface area (Å²) in [5, 5.41) is 2.85. The summed E-state index contributed by atoms with van der Waals surface area (Å²) in [6.07, 6.45) is 1.07. The predicted molar refractivity (Wildman–Crippen MR) is 111 cm³/mol. The number of carbonyl (C=O) groups excluding carboxylic acids is 2. The summed E-state index contributed by atoms with van der Waals surface area (Å²) in [4.78, 5) is 36.5. The molecule has 29 heavy (non-hydrogen) atoms. The van der Waals surface area contributed by atoms with E-state index >= 15 is 0 Å². The number of nitrogens with zero attached hydrogens (tertiary/aromatic N) is 2. The van der Waals surface area contributed by atoms with Crippen molar-refractivity contribution < 1.29 is 14.3 Å². The first-order valence-electron chi connectivity index (χ1n) is 9.67. The second-order valence-electron chi connectivity index (χ2n) is 6.79. The van der Waals surface area contributed by atoms with E-state index in [2.05, 4.69) is 10.1 Å². The number of aryl methyl sites for hydroxylation is 2. The molecule has 0 fully saturated rings. The Bertz CT molecular complexity index is 1060. The number of aromatic nitrogens is 2. The van der Waals surface area contributed by atoms with Gasteiger partial charge in [-0.05, 0) is 36.2 Å². The lowest BCUT2D eigenvalue weighted by molar-refractivity contribution is -0.121. The molecule has 1 amide bonds. The molecular weight excluding hydrogens is 370 g/mol. The van der Waals surface area contributed by atoms with Gasteiger partial charge in [-0.25, -0.2) is 9.59 Å². The molecule has 0 aliphatic heterocycles. The molecule has 2 aromatic carbocycles. The Balaban J connectivity index is 1.62. The highest BCUT2D eigenvalue weighted by Crippen LogP contribution is 2.13. The van der Waals surface area contributed by atoms with Gasteiger partial charge in [-0.1, -0.05) is 31.2 Å². The average molecular weight is 395 g/mol. The fourth-order valence-corrected chi connectivity index (χ4v) is 3.31. The zero-order valence-electron chi connectivity index (χ0n) is 16.7. The zero-order valence-corrected chi connectivity index (χ0v) is 16.7. The van der Waals surface area contributed by atoms with Crippen LogP contribution in [0.2, 0.25) is 0 Å². The van der Waals surface area contributed by atoms with Gasteiger partial charge < -0.3 is 10.1 Å². The Kier molecular flexibility index (Phi) is 6.49. The standard InChI is InChI=1S/C22H25N3O4/c1-3-13-24-18-6-4-5-7-19(18)25(22(24)28)14-12-20(26)23-15-16-8-10-17(11-9-16)21(27)29-2/h4-11H,3,12-15H2,1-2H3,(H,23,26). The number of hydrogen-bond donors (Lipinski definition) is 1. The van der Waals surface area contributed by atoms with Crippen molar-refractivity contribution >= 4 is 22.9 Å². The third-order valence-corrected chi connectivity index (χ3v) is 4.80. The Labute approximate surface area is 168 Å². The number of imidazole rings is 1. The van der Waals surface area contributed by atoms with Crippen molar-refractivity contribution in [1.29, 1.82) is 0 Å². The number of para-hydroxylation sites is 2. The van der Waals surface area contributed by atoms with Crippen molar-refractivity contribution in [2.45, 2.75) is 39.4 Å². The van der Waals surface area contributed by atoms with Gasteiger partial charge in [-0.2, -0.15) is 0 Å². The van der Waals surface area contributed by atoms with Crippen molar-refractivity contribution in [3.63, 3.8) is 0 Å². The molecule has 0 saturated carbocycles. The molecule has 3 rings (SSSR count). The van der Waals surface area contributed by atoms with Crippen LogP contribution in [0.4, 0.5) is 0 Å². The van der Waals surface area contributed by atoms with Crippen LogP contribution < -0.4 is 11.0 Å². The van der Waals surface area contributed by atoms with Crippen LogP contribution in [0.15, 0.2) is 53.3 Å². The predicted octanol–water partition coefficient (Wildman–Crippen LogP) is 2.71. The van der Waals surface area contributed by atoms with Gasteiger partial charge in [0.05, 0.1) is 23.7 Å². The second kappa shape index (κ2) is 9.23. The van der Waals surface area contributed by atoms with E-state index in [1.807, 2.05) is 31.2 Å². The first kappa shape index (κ1) is 20.4. The largest absolute Gasteiger partial charge is 0.465 e. The molecule has 0 radical (unpaired) electrons. The first-order valence-corrected chi connectivity index (χ1v) is 9.67. The van der Waals surface area contributed by atoms with Gasteiger partial charge in [0.1, 0.15) is 0 Å². The number of fused-ring (bicyclic) bond motifs is 1. The Morgan fingerprint density at radius 3 is 2.17 bits per heavy atom. The third kappa shape index (κ3) is 4.56. The summed E-state index contributed by atoms with van der Waals surface area (Å²) >= 11 is 0. The minimum atomic E-state index is -0.395. The van der Waals surface area contributed by atoms with Crippen LogP contribution in [0.5, 0.6) is 0 Å². The van der Waals surface area contributed by atoms with E-state index in [-0.39, 0.29) is 18.0 Å². The van der Waals surface area contributed by atoms with Crippen LogP contribution in [0, 0.1) is 0 Å². The lowest BCUT2D eigenvalue weighted by Gasteiger charge is -2.07. The van der Waals surface area contributed by atoms with Crippen LogP contribution in [-0.2, 0) is 29.2 Å². The number of esters is 1. The first-order chi connectivity index (χ1) is 14.0. The van der Waals surface area contributed by atoms with Gasteiger partial charge in [0.15, 0.2) is 0 Å². The van der Waals surface area contributed by atoms with Gasteiger partial charge in [0.25, 0.3) is 0 Å². The number of nitrogens with one attached hydrogen (secondary N) is 1. The fourth-order valence-electron chi connectivity index (χ4n) is 3.31. The number of benzene rings is 2. The van der Waals surface area contributed by atoms with Gasteiger partial charge in [-0.15, -0.1) is 0 Å². The fraction of sp³-hybridized carbons (Fsp3) is 0.318. The van der Waals surface area contributed by atoms with E-state index < -0.39 is 5.97 Å². The van der Waals surface area contributed by atoms with Crippen LogP contribution in [0.3, 0.4) is 0 Å².